The Kier molecular flexibility index (Phi) is 5.42. The van der Waals surface area contributed by atoms with E-state index in [0.717, 1.165) is 32.5 Å². The first-order valence-electron chi connectivity index (χ1n) is 8.17. The standard InChI is InChI=1S/C18H31N3/c1-15-12-21(13-16(2)20(15)4)18(3,14-19)11-10-17-8-6-5-7-9-17/h5-9,15-16H,10-14,19H2,1-4H3. The van der Waals surface area contributed by atoms with Gasteiger partial charge in [-0.2, -0.15) is 0 Å². The van der Waals surface area contributed by atoms with Crippen LogP contribution < -0.4 is 5.73 Å². The Labute approximate surface area is 130 Å². The SMILES string of the molecule is CC1CN(C(C)(CN)CCc2ccccc2)CC(C)N1C. The zero-order valence-corrected chi connectivity index (χ0v) is 14.0. The number of hydrogen-bond donors (Lipinski definition) is 1. The summed E-state index contributed by atoms with van der Waals surface area (Å²) in [7, 11) is 2.23. The molecule has 1 aromatic rings. The molecule has 0 amide bonds. The molecule has 1 aromatic carbocycles. The van der Waals surface area contributed by atoms with Gasteiger partial charge in [-0.25, -0.2) is 0 Å². The molecule has 3 atom stereocenters. The molecule has 21 heavy (non-hydrogen) atoms. The number of hydrogen-bond acceptors (Lipinski definition) is 3. The first-order valence-corrected chi connectivity index (χ1v) is 8.17. The van der Waals surface area contributed by atoms with Crippen molar-refractivity contribution in [3.63, 3.8) is 0 Å². The minimum atomic E-state index is 0.0968. The second-order valence-electron chi connectivity index (χ2n) is 6.96. The second-order valence-corrected chi connectivity index (χ2v) is 6.96. The van der Waals surface area contributed by atoms with E-state index in [9.17, 15) is 0 Å². The van der Waals surface area contributed by atoms with Gasteiger partial charge in [-0.3, -0.25) is 9.80 Å². The Morgan fingerprint density at radius 1 is 1.14 bits per heavy atom. The van der Waals surface area contributed by atoms with E-state index >= 15 is 0 Å². The summed E-state index contributed by atoms with van der Waals surface area (Å²) >= 11 is 0. The number of aryl methyl sites for hydroxylation is 1. The summed E-state index contributed by atoms with van der Waals surface area (Å²) in [6.07, 6.45) is 2.22. The predicted molar refractivity (Wildman–Crippen MR) is 90.5 cm³/mol. The Balaban J connectivity index is 2.03. The van der Waals surface area contributed by atoms with E-state index in [1.807, 2.05) is 0 Å². The molecule has 1 fully saturated rings. The molecular formula is C18H31N3. The summed E-state index contributed by atoms with van der Waals surface area (Å²) in [6, 6.07) is 11.9. The van der Waals surface area contributed by atoms with Gasteiger partial charge in [-0.15, -0.1) is 0 Å². The molecule has 1 aliphatic rings. The lowest BCUT2D eigenvalue weighted by Crippen LogP contribution is -2.63. The van der Waals surface area contributed by atoms with Gasteiger partial charge >= 0.3 is 0 Å². The van der Waals surface area contributed by atoms with Gasteiger partial charge in [0.2, 0.25) is 0 Å². The molecule has 1 saturated heterocycles. The number of rotatable bonds is 5. The van der Waals surface area contributed by atoms with Crippen LogP contribution >= 0.6 is 0 Å². The summed E-state index contributed by atoms with van der Waals surface area (Å²) in [4.78, 5) is 5.09. The first kappa shape index (κ1) is 16.5. The molecule has 0 saturated carbocycles. The molecule has 0 aromatic heterocycles. The Morgan fingerprint density at radius 2 is 1.71 bits per heavy atom. The highest BCUT2D eigenvalue weighted by atomic mass is 15.3. The van der Waals surface area contributed by atoms with Crippen molar-refractivity contribution >= 4 is 0 Å². The summed E-state index contributed by atoms with van der Waals surface area (Å²) in [5.41, 5.74) is 7.68. The third-order valence-corrected chi connectivity index (χ3v) is 5.36. The maximum absolute atomic E-state index is 6.17. The summed E-state index contributed by atoms with van der Waals surface area (Å²) in [6.45, 7) is 9.92. The third-order valence-electron chi connectivity index (χ3n) is 5.36. The van der Waals surface area contributed by atoms with Gasteiger partial charge in [0.25, 0.3) is 0 Å². The summed E-state index contributed by atoms with van der Waals surface area (Å²) < 4.78 is 0. The Morgan fingerprint density at radius 3 is 2.24 bits per heavy atom. The van der Waals surface area contributed by atoms with Crippen molar-refractivity contribution in [3.8, 4) is 0 Å². The van der Waals surface area contributed by atoms with Gasteiger partial charge in [0.15, 0.2) is 0 Å². The fraction of sp³-hybridized carbons (Fsp3) is 0.667. The van der Waals surface area contributed by atoms with E-state index in [0.29, 0.717) is 12.1 Å². The average Bonchev–Trinajstić information content (AvgIpc) is 2.50. The van der Waals surface area contributed by atoms with Crippen LogP contribution in [-0.2, 0) is 6.42 Å². The number of likely N-dealkylation sites (N-methyl/N-ethyl adjacent to an activating group) is 1. The van der Waals surface area contributed by atoms with Crippen LogP contribution in [0, 0.1) is 0 Å². The molecule has 3 heteroatoms. The third kappa shape index (κ3) is 3.85. The second kappa shape index (κ2) is 6.91. The molecule has 0 bridgehead atoms. The highest BCUT2D eigenvalue weighted by Crippen LogP contribution is 2.26. The van der Waals surface area contributed by atoms with Crippen LogP contribution in [-0.4, -0.2) is 54.1 Å². The normalized spacial score (nSPS) is 27.5. The van der Waals surface area contributed by atoms with Crippen LogP contribution in [0.5, 0.6) is 0 Å². The van der Waals surface area contributed by atoms with Crippen molar-refractivity contribution in [2.24, 2.45) is 5.73 Å². The number of nitrogens with zero attached hydrogens (tertiary/aromatic N) is 2. The lowest BCUT2D eigenvalue weighted by atomic mass is 9.89. The van der Waals surface area contributed by atoms with Crippen molar-refractivity contribution in [3.05, 3.63) is 35.9 Å². The molecule has 3 nitrogen and oxygen atoms in total. The van der Waals surface area contributed by atoms with Crippen LogP contribution in [0.4, 0.5) is 0 Å². The number of nitrogens with two attached hydrogens (primary N) is 1. The molecule has 1 aliphatic heterocycles. The molecule has 118 valence electrons. The van der Waals surface area contributed by atoms with Crippen molar-refractivity contribution in [1.29, 1.82) is 0 Å². The molecule has 3 unspecified atom stereocenters. The van der Waals surface area contributed by atoms with Crippen LogP contribution in [0.25, 0.3) is 0 Å². The Hall–Kier alpha value is -0.900. The van der Waals surface area contributed by atoms with E-state index in [-0.39, 0.29) is 5.54 Å². The highest BCUT2D eigenvalue weighted by Gasteiger charge is 2.36. The monoisotopic (exact) mass is 289 g/mol. The topological polar surface area (TPSA) is 32.5 Å². The van der Waals surface area contributed by atoms with Crippen LogP contribution in [0.15, 0.2) is 30.3 Å². The fourth-order valence-corrected chi connectivity index (χ4v) is 3.29. The summed E-state index contributed by atoms with van der Waals surface area (Å²) in [5, 5.41) is 0. The number of piperazine rings is 1. The van der Waals surface area contributed by atoms with Gasteiger partial charge in [0.1, 0.15) is 0 Å². The van der Waals surface area contributed by atoms with Gasteiger partial charge < -0.3 is 5.73 Å². The zero-order valence-electron chi connectivity index (χ0n) is 14.0. The maximum Gasteiger partial charge on any atom is 0.0308 e. The van der Waals surface area contributed by atoms with Crippen LogP contribution in [0.2, 0.25) is 0 Å². The first-order chi connectivity index (χ1) is 9.96. The van der Waals surface area contributed by atoms with E-state index in [1.165, 1.54) is 5.56 Å². The quantitative estimate of drug-likeness (QED) is 0.903. The van der Waals surface area contributed by atoms with Crippen molar-refractivity contribution in [1.82, 2.24) is 9.80 Å². The lowest BCUT2D eigenvalue weighted by Gasteiger charge is -2.50. The molecule has 2 rings (SSSR count). The van der Waals surface area contributed by atoms with Gasteiger partial charge in [-0.05, 0) is 46.2 Å². The Bertz CT molecular complexity index is 421. The smallest absolute Gasteiger partial charge is 0.0308 e. The minimum absolute atomic E-state index is 0.0968. The number of benzene rings is 1. The molecule has 0 spiro atoms. The molecule has 0 aliphatic carbocycles. The minimum Gasteiger partial charge on any atom is -0.329 e. The zero-order chi connectivity index (χ0) is 15.5. The van der Waals surface area contributed by atoms with Gasteiger partial charge in [0, 0.05) is 37.3 Å². The molecule has 0 radical (unpaired) electrons. The molecule has 2 N–H and O–H groups in total. The molecular weight excluding hydrogens is 258 g/mol. The maximum atomic E-state index is 6.17. The van der Waals surface area contributed by atoms with Crippen molar-refractivity contribution in [2.45, 2.75) is 51.2 Å². The largest absolute Gasteiger partial charge is 0.329 e. The highest BCUT2D eigenvalue weighted by molar-refractivity contribution is 5.15. The van der Waals surface area contributed by atoms with Crippen LogP contribution in [0.1, 0.15) is 32.8 Å². The van der Waals surface area contributed by atoms with Gasteiger partial charge in [0.05, 0.1) is 0 Å². The van der Waals surface area contributed by atoms with E-state index in [2.05, 4.69) is 68.0 Å². The van der Waals surface area contributed by atoms with E-state index in [1.54, 1.807) is 0 Å². The average molecular weight is 289 g/mol. The summed E-state index contributed by atoms with van der Waals surface area (Å²) in [5.74, 6) is 0. The van der Waals surface area contributed by atoms with Gasteiger partial charge in [-0.1, -0.05) is 30.3 Å². The van der Waals surface area contributed by atoms with Crippen molar-refractivity contribution in [2.75, 3.05) is 26.7 Å². The van der Waals surface area contributed by atoms with E-state index in [4.69, 9.17) is 5.73 Å². The van der Waals surface area contributed by atoms with Crippen LogP contribution in [0.3, 0.4) is 0 Å². The predicted octanol–water partition coefficient (Wildman–Crippen LogP) is 2.36. The lowest BCUT2D eigenvalue weighted by molar-refractivity contribution is -0.00560. The molecule has 1 heterocycles. The fourth-order valence-electron chi connectivity index (χ4n) is 3.29. The van der Waals surface area contributed by atoms with Crippen molar-refractivity contribution < 1.29 is 0 Å². The van der Waals surface area contributed by atoms with E-state index < -0.39 is 0 Å².